The van der Waals surface area contributed by atoms with Crippen molar-refractivity contribution in [1.82, 2.24) is 15.0 Å². The van der Waals surface area contributed by atoms with Crippen molar-refractivity contribution in [3.8, 4) is 34.2 Å². The van der Waals surface area contributed by atoms with Crippen LogP contribution in [-0.2, 0) is 0 Å². The molecule has 1 aliphatic rings. The van der Waals surface area contributed by atoms with E-state index >= 15 is 0 Å². The number of allylic oxidation sites excluding steroid dienone is 5. The molecule has 9 rings (SSSR count). The third-order valence-electron chi connectivity index (χ3n) is 9.93. The number of hydrogen-bond donors (Lipinski definition) is 0. The van der Waals surface area contributed by atoms with Crippen LogP contribution in [0.5, 0.6) is 0 Å². The van der Waals surface area contributed by atoms with Gasteiger partial charge in [0.2, 0.25) is 0 Å². The summed E-state index contributed by atoms with van der Waals surface area (Å²) in [7, 11) is 0. The maximum Gasteiger partial charge on any atom is 0.164 e. The zero-order chi connectivity index (χ0) is 35.8. The summed E-state index contributed by atoms with van der Waals surface area (Å²) < 4.78 is 9.01. The van der Waals surface area contributed by atoms with Crippen LogP contribution in [-0.4, -0.2) is 15.0 Å². The Morgan fingerprint density at radius 2 is 1.44 bits per heavy atom. The first-order valence-corrected chi connectivity index (χ1v) is 18.9. The van der Waals surface area contributed by atoms with Gasteiger partial charge in [0.1, 0.15) is 11.2 Å². The predicted octanol–water partition coefficient (Wildman–Crippen LogP) is 13.8. The molecule has 1 aliphatic carbocycles. The van der Waals surface area contributed by atoms with Gasteiger partial charge in [-0.1, -0.05) is 112 Å². The summed E-state index contributed by atoms with van der Waals surface area (Å²) in [5, 5.41) is 4.77. The van der Waals surface area contributed by atoms with Gasteiger partial charge in [0.05, 0.1) is 0 Å². The minimum absolute atomic E-state index is 0.444. The second kappa shape index (κ2) is 14.2. The van der Waals surface area contributed by atoms with Crippen molar-refractivity contribution in [1.29, 1.82) is 0 Å². The largest absolute Gasteiger partial charge is 0.456 e. The van der Waals surface area contributed by atoms with Gasteiger partial charge in [-0.3, -0.25) is 0 Å². The fourth-order valence-electron chi connectivity index (χ4n) is 7.07. The maximum atomic E-state index is 6.51. The van der Waals surface area contributed by atoms with E-state index in [2.05, 4.69) is 149 Å². The molecule has 4 nitrogen and oxygen atoms in total. The van der Waals surface area contributed by atoms with Crippen LogP contribution in [0.3, 0.4) is 0 Å². The molecule has 3 aromatic heterocycles. The van der Waals surface area contributed by atoms with Crippen molar-refractivity contribution in [2.45, 2.75) is 46.5 Å². The second-order valence-electron chi connectivity index (χ2n) is 13.7. The first-order chi connectivity index (χ1) is 25.4. The van der Waals surface area contributed by atoms with Gasteiger partial charge < -0.3 is 4.42 Å². The Balaban J connectivity index is 0.00000125. The van der Waals surface area contributed by atoms with E-state index in [1.54, 1.807) is 17.4 Å². The van der Waals surface area contributed by atoms with E-state index < -0.39 is 0 Å². The van der Waals surface area contributed by atoms with E-state index in [1.165, 1.54) is 36.9 Å². The van der Waals surface area contributed by atoms with Gasteiger partial charge in [0.15, 0.2) is 17.5 Å². The maximum absolute atomic E-state index is 6.51. The Hall–Kier alpha value is -5.65. The Morgan fingerprint density at radius 1 is 0.769 bits per heavy atom. The third kappa shape index (κ3) is 6.26. The van der Waals surface area contributed by atoms with Gasteiger partial charge in [-0.15, -0.1) is 17.9 Å². The van der Waals surface area contributed by atoms with Crippen molar-refractivity contribution < 1.29 is 4.42 Å². The van der Waals surface area contributed by atoms with E-state index in [4.69, 9.17) is 19.4 Å². The van der Waals surface area contributed by atoms with Crippen LogP contribution in [0.4, 0.5) is 0 Å². The third-order valence-corrected chi connectivity index (χ3v) is 11.1. The zero-order valence-corrected chi connectivity index (χ0v) is 30.9. The van der Waals surface area contributed by atoms with E-state index in [1.807, 2.05) is 6.92 Å². The van der Waals surface area contributed by atoms with Crippen molar-refractivity contribution in [3.05, 3.63) is 145 Å². The molecule has 0 bridgehead atoms. The molecule has 3 heterocycles. The van der Waals surface area contributed by atoms with E-state index in [-0.39, 0.29) is 0 Å². The van der Waals surface area contributed by atoms with Gasteiger partial charge in [-0.05, 0) is 84.7 Å². The molecule has 2 atom stereocenters. The fourth-order valence-corrected chi connectivity index (χ4v) is 8.22. The number of rotatable bonds is 6. The number of nitrogens with zero attached hydrogens (tertiary/aromatic N) is 3. The van der Waals surface area contributed by atoms with Gasteiger partial charge >= 0.3 is 0 Å². The molecular weight excluding hydrogens is 655 g/mol. The molecule has 0 fully saturated rings. The molecule has 0 saturated heterocycles. The average molecular weight is 696 g/mol. The fraction of sp³-hybridized carbons (Fsp3) is 0.170. The van der Waals surface area contributed by atoms with Crippen LogP contribution in [0.1, 0.15) is 57.6 Å². The van der Waals surface area contributed by atoms with E-state index in [0.717, 1.165) is 51.5 Å². The lowest BCUT2D eigenvalue weighted by Gasteiger charge is -2.13. The van der Waals surface area contributed by atoms with Crippen LogP contribution in [0.25, 0.3) is 81.8 Å². The van der Waals surface area contributed by atoms with Crippen molar-refractivity contribution in [2.75, 3.05) is 0 Å². The van der Waals surface area contributed by atoms with Crippen molar-refractivity contribution in [2.24, 2.45) is 5.92 Å². The molecule has 2 unspecified atom stereocenters. The number of aromatic nitrogens is 3. The number of thiophene rings is 1. The van der Waals surface area contributed by atoms with Crippen LogP contribution in [0.2, 0.25) is 0 Å². The summed E-state index contributed by atoms with van der Waals surface area (Å²) in [4.78, 5) is 15.3. The minimum atomic E-state index is 0.444. The molecule has 256 valence electrons. The zero-order valence-electron chi connectivity index (χ0n) is 30.1. The normalized spacial score (nSPS) is 14.8. The van der Waals surface area contributed by atoms with Gasteiger partial charge in [-0.25, -0.2) is 15.0 Å². The molecule has 0 spiro atoms. The van der Waals surface area contributed by atoms with Crippen LogP contribution >= 0.6 is 11.3 Å². The lowest BCUT2D eigenvalue weighted by molar-refractivity contribution is 0.669. The summed E-state index contributed by atoms with van der Waals surface area (Å²) >= 11 is 1.80. The predicted molar refractivity (Wildman–Crippen MR) is 222 cm³/mol. The lowest BCUT2D eigenvalue weighted by atomic mass is 9.91. The topological polar surface area (TPSA) is 51.8 Å². The minimum Gasteiger partial charge on any atom is -0.456 e. The number of furan rings is 1. The van der Waals surface area contributed by atoms with Crippen molar-refractivity contribution in [3.63, 3.8) is 0 Å². The summed E-state index contributed by atoms with van der Waals surface area (Å²) in [6.45, 7) is 12.0. The van der Waals surface area contributed by atoms with Crippen LogP contribution in [0, 0.1) is 5.92 Å². The first kappa shape index (κ1) is 33.5. The highest BCUT2D eigenvalue weighted by atomic mass is 32.1. The summed E-state index contributed by atoms with van der Waals surface area (Å²) in [5.74, 6) is 2.90. The molecular formula is C47H41N3OS. The Labute approximate surface area is 308 Å². The first-order valence-electron chi connectivity index (χ1n) is 18.1. The van der Waals surface area contributed by atoms with E-state index in [0.29, 0.717) is 29.3 Å². The highest BCUT2D eigenvalue weighted by Crippen LogP contribution is 2.39. The van der Waals surface area contributed by atoms with Crippen LogP contribution < -0.4 is 0 Å². The molecule has 0 aliphatic heterocycles. The molecule has 8 aromatic rings. The molecule has 52 heavy (non-hydrogen) atoms. The monoisotopic (exact) mass is 695 g/mol. The van der Waals surface area contributed by atoms with Gasteiger partial charge in [-0.2, -0.15) is 0 Å². The second-order valence-corrected chi connectivity index (χ2v) is 14.8. The molecule has 0 radical (unpaired) electrons. The van der Waals surface area contributed by atoms with E-state index in [9.17, 15) is 0 Å². The molecule has 0 amide bonds. The smallest absolute Gasteiger partial charge is 0.164 e. The van der Waals surface area contributed by atoms with Gasteiger partial charge in [0, 0.05) is 47.6 Å². The Morgan fingerprint density at radius 3 is 2.19 bits per heavy atom. The summed E-state index contributed by atoms with van der Waals surface area (Å²) in [5.41, 5.74) is 8.29. The Bertz CT molecular complexity index is 2680. The summed E-state index contributed by atoms with van der Waals surface area (Å²) in [6.07, 6.45) is 10.8. The molecule has 5 heteroatoms. The summed E-state index contributed by atoms with van der Waals surface area (Å²) in [6, 6.07) is 36.5. The SMILES string of the molecule is C=CC.CCC(C)c1cccc(-c2nc(-c3ccc4c(c3)oc3cccc(C5=CC(C)CC=C5)c34)nc(-c3ccc4c(c3)sc3ccccc34)n2)c1. The average Bonchev–Trinajstić information content (AvgIpc) is 3.75. The number of benzene rings is 5. The molecule has 5 aromatic carbocycles. The molecule has 0 saturated carbocycles. The lowest BCUT2D eigenvalue weighted by Crippen LogP contribution is -2.01. The van der Waals surface area contributed by atoms with Crippen LogP contribution in [0.15, 0.2) is 138 Å². The highest BCUT2D eigenvalue weighted by molar-refractivity contribution is 7.25. The quantitative estimate of drug-likeness (QED) is 0.163. The van der Waals surface area contributed by atoms with Crippen molar-refractivity contribution >= 4 is 59.0 Å². The standard InChI is InChI=1S/C44H35N3OS.C3H6/c1-4-27(3)28-11-8-13-30(23-28)42-45-43(47-44(46-42)32-18-20-35-34-14-5-6-17-39(34)49-40(35)25-32)31-19-21-36-38(24-31)48-37-16-9-15-33(41(36)37)29-12-7-10-26(2)22-29;1-3-2/h5-9,11-27H,4,10H2,1-3H3;3H,1H2,2H3. The number of fused-ring (bicyclic) bond motifs is 6. The Kier molecular flexibility index (Phi) is 9.12. The van der Waals surface area contributed by atoms with Gasteiger partial charge in [0.25, 0.3) is 0 Å². The highest BCUT2D eigenvalue weighted by Gasteiger charge is 2.19. The number of hydrogen-bond acceptors (Lipinski definition) is 5. The molecule has 0 N–H and O–H groups in total.